The normalized spacial score (nSPS) is 12.2. The first-order chi connectivity index (χ1) is 25.2. The van der Waals surface area contributed by atoms with Crippen molar-refractivity contribution in [1.82, 2.24) is 0 Å². The molecule has 3 aromatic carbocycles. The van der Waals surface area contributed by atoms with Crippen molar-refractivity contribution < 1.29 is 48.0 Å². The van der Waals surface area contributed by atoms with Crippen molar-refractivity contribution in [3.8, 4) is 17.2 Å². The van der Waals surface area contributed by atoms with Gasteiger partial charge < -0.3 is 15.3 Å². The topological polar surface area (TPSA) is 93.9 Å². The van der Waals surface area contributed by atoms with Crippen LogP contribution in [0.15, 0.2) is 46.4 Å². The van der Waals surface area contributed by atoms with Crippen LogP contribution in [-0.2, 0) is 65.2 Å². The zero-order valence-corrected chi connectivity index (χ0v) is 44.7. The molecule has 0 bridgehead atoms. The Labute approximate surface area is 383 Å². The van der Waals surface area contributed by atoms with E-state index in [9.17, 15) is 15.3 Å². The third-order valence-corrected chi connectivity index (χ3v) is 9.18. The maximum Gasteiger partial charge on any atom is 3.00 e. The molecule has 0 spiro atoms. The quantitative estimate of drug-likeness (QED) is 0.240. The molecule has 0 saturated heterocycles. The maximum atomic E-state index is 12.4. The van der Waals surface area contributed by atoms with E-state index in [1.807, 2.05) is 64.1 Å². The van der Waals surface area contributed by atoms with Gasteiger partial charge in [-0.25, -0.2) is 9.98 Å². The Morgan fingerprint density at radius 3 is 0.603 bits per heavy atom. The number of rotatable bonds is 2. The van der Waals surface area contributed by atoms with Crippen LogP contribution in [0.3, 0.4) is 0 Å². The molecular formula is C52H83N2O3Y. The second kappa shape index (κ2) is 21.9. The minimum atomic E-state index is -0.0803. The molecule has 0 radical (unpaired) electrons. The molecule has 0 unspecified atom stereocenters. The van der Waals surface area contributed by atoms with E-state index in [0.717, 1.165) is 33.4 Å². The van der Waals surface area contributed by atoms with Gasteiger partial charge in [-0.15, -0.1) is 17.2 Å². The molecule has 0 fully saturated rings. The van der Waals surface area contributed by atoms with Crippen molar-refractivity contribution in [2.24, 2.45) is 9.98 Å². The molecule has 3 aromatic rings. The SMILES string of the molecule is CC(C)N=C=NC(C)C.Cc1cc(C(C)(C)C)c([O-])c(C(C)(C)C)c1.Cc1cc(C(C)(C)C)c([O-])c(C(C)(C)C)c1.Cc1cc(C(C)(C)C)c([O-])c(C(C)(C)C)c1.[Y+3]. The Morgan fingerprint density at radius 1 is 0.362 bits per heavy atom. The first kappa shape index (κ1) is 57.6. The summed E-state index contributed by atoms with van der Waals surface area (Å²) >= 11 is 0. The van der Waals surface area contributed by atoms with Crippen molar-refractivity contribution >= 4 is 6.01 Å². The number of hydrogen-bond acceptors (Lipinski definition) is 5. The molecule has 0 amide bonds. The summed E-state index contributed by atoms with van der Waals surface area (Å²) in [4.78, 5) is 7.90. The summed E-state index contributed by atoms with van der Waals surface area (Å²) in [6.45, 7) is 51.9. The Balaban J connectivity index is 0. The van der Waals surface area contributed by atoms with Crippen LogP contribution in [0, 0.1) is 20.8 Å². The van der Waals surface area contributed by atoms with Crippen molar-refractivity contribution in [1.29, 1.82) is 0 Å². The monoisotopic (exact) mass is 873 g/mol. The van der Waals surface area contributed by atoms with Crippen molar-refractivity contribution in [2.45, 2.75) is 218 Å². The van der Waals surface area contributed by atoms with Gasteiger partial charge in [0.2, 0.25) is 0 Å². The second-order valence-corrected chi connectivity index (χ2v) is 22.6. The average Bonchev–Trinajstić information content (AvgIpc) is 2.97. The summed E-state index contributed by atoms with van der Waals surface area (Å²) in [5.74, 6) is 0.641. The van der Waals surface area contributed by atoms with Crippen molar-refractivity contribution in [3.05, 3.63) is 86.5 Å². The van der Waals surface area contributed by atoms with E-state index in [1.54, 1.807) is 0 Å². The van der Waals surface area contributed by atoms with Crippen molar-refractivity contribution in [2.75, 3.05) is 0 Å². The Bertz CT molecular complexity index is 1510. The summed E-state index contributed by atoms with van der Waals surface area (Å²) in [6.07, 6.45) is 0. The van der Waals surface area contributed by atoms with E-state index in [1.165, 1.54) is 16.7 Å². The Morgan fingerprint density at radius 2 is 0.500 bits per heavy atom. The van der Waals surface area contributed by atoms with E-state index in [0.29, 0.717) is 12.1 Å². The number of nitrogens with zero attached hydrogens (tertiary/aromatic N) is 2. The van der Waals surface area contributed by atoms with E-state index in [2.05, 4.69) is 161 Å². The fourth-order valence-electron chi connectivity index (χ4n) is 5.93. The minimum absolute atomic E-state index is 0. The van der Waals surface area contributed by atoms with Gasteiger partial charge in [0, 0.05) is 0 Å². The molecule has 0 aliphatic rings. The Hall–Kier alpha value is -2.46. The van der Waals surface area contributed by atoms with Crippen LogP contribution in [0.5, 0.6) is 17.2 Å². The van der Waals surface area contributed by atoms with Crippen LogP contribution < -0.4 is 15.3 Å². The van der Waals surface area contributed by atoms with Crippen molar-refractivity contribution in [3.63, 3.8) is 0 Å². The molecule has 0 aromatic heterocycles. The summed E-state index contributed by atoms with van der Waals surface area (Å²) in [5.41, 5.74) is 8.61. The van der Waals surface area contributed by atoms with Crippen LogP contribution >= 0.6 is 0 Å². The molecule has 0 N–H and O–H groups in total. The van der Waals surface area contributed by atoms with E-state index < -0.39 is 0 Å². The molecule has 0 aliphatic heterocycles. The van der Waals surface area contributed by atoms with Gasteiger partial charge in [-0.1, -0.05) is 178 Å². The maximum absolute atomic E-state index is 12.4. The average molecular weight is 873 g/mol. The molecule has 0 aliphatic carbocycles. The largest absolute Gasteiger partial charge is 3.00 e. The fourth-order valence-corrected chi connectivity index (χ4v) is 5.93. The minimum Gasteiger partial charge on any atom is -0.872 e. The summed E-state index contributed by atoms with van der Waals surface area (Å²) in [6, 6.07) is 15.4. The molecule has 0 saturated carbocycles. The third-order valence-electron chi connectivity index (χ3n) is 9.18. The zero-order valence-electron chi connectivity index (χ0n) is 41.8. The van der Waals surface area contributed by atoms with E-state index in [-0.39, 0.29) is 82.4 Å². The van der Waals surface area contributed by atoms with Crippen LogP contribution in [0.1, 0.15) is 202 Å². The molecule has 0 atom stereocenters. The van der Waals surface area contributed by atoms with Gasteiger partial charge >= 0.3 is 32.7 Å². The van der Waals surface area contributed by atoms with Gasteiger partial charge in [-0.3, -0.25) is 0 Å². The molecule has 58 heavy (non-hydrogen) atoms. The Kier molecular flexibility index (Phi) is 21.7. The van der Waals surface area contributed by atoms with Crippen LogP contribution in [0.25, 0.3) is 0 Å². The van der Waals surface area contributed by atoms with E-state index in [4.69, 9.17) is 0 Å². The van der Waals surface area contributed by atoms with Gasteiger partial charge in [0.05, 0.1) is 18.1 Å². The smallest absolute Gasteiger partial charge is 0.872 e. The molecule has 5 nitrogen and oxygen atoms in total. The van der Waals surface area contributed by atoms with Crippen LogP contribution in [0.4, 0.5) is 0 Å². The molecular weight excluding hydrogens is 789 g/mol. The number of hydrogen-bond donors (Lipinski definition) is 0. The van der Waals surface area contributed by atoms with Gasteiger partial charge in [-0.05, 0) is 114 Å². The zero-order chi connectivity index (χ0) is 45.4. The number of aliphatic imine (C=N–C) groups is 2. The third kappa shape index (κ3) is 19.3. The molecule has 322 valence electrons. The first-order valence-electron chi connectivity index (χ1n) is 20.8. The predicted molar refractivity (Wildman–Crippen MR) is 244 cm³/mol. The van der Waals surface area contributed by atoms with Gasteiger partial charge in [-0.2, -0.15) is 0 Å². The fraction of sp³-hybridized carbons (Fsp3) is 0.635. The summed E-state index contributed by atoms with van der Waals surface area (Å²) < 4.78 is 0. The van der Waals surface area contributed by atoms with E-state index >= 15 is 0 Å². The number of aryl methyl sites for hydroxylation is 3. The van der Waals surface area contributed by atoms with Crippen LogP contribution in [-0.4, -0.2) is 18.1 Å². The molecule has 0 heterocycles. The molecule has 3 rings (SSSR count). The van der Waals surface area contributed by atoms with Gasteiger partial charge in [0.15, 0.2) is 0 Å². The van der Waals surface area contributed by atoms with Gasteiger partial charge in [0.25, 0.3) is 0 Å². The summed E-state index contributed by atoms with van der Waals surface area (Å²) in [5, 5.41) is 37.2. The standard InChI is InChI=1S/3C15H24O.C7H14N2.Y/c3*1-10-8-11(14(2,3)4)13(16)12(9-10)15(5,6)7;1-6(2)8-5-9-7(3)4;/h3*8-9,16H,1-7H3;6-7H,1-4H3;/q;;;;+3/p-3. The van der Waals surface area contributed by atoms with Gasteiger partial charge in [0.1, 0.15) is 0 Å². The molecule has 6 heteroatoms. The predicted octanol–water partition coefficient (Wildman–Crippen LogP) is 13.0. The summed E-state index contributed by atoms with van der Waals surface area (Å²) in [7, 11) is 0. The number of benzene rings is 3. The first-order valence-corrected chi connectivity index (χ1v) is 20.8. The second-order valence-electron chi connectivity index (χ2n) is 22.6. The van der Waals surface area contributed by atoms with Crippen LogP contribution in [0.2, 0.25) is 0 Å².